The van der Waals surface area contributed by atoms with Gasteiger partial charge in [-0.05, 0) is 36.1 Å². The summed E-state index contributed by atoms with van der Waals surface area (Å²) in [5, 5.41) is 3.99. The van der Waals surface area contributed by atoms with Crippen molar-refractivity contribution in [2.24, 2.45) is 11.8 Å². The van der Waals surface area contributed by atoms with E-state index in [0.29, 0.717) is 34.1 Å². The van der Waals surface area contributed by atoms with Gasteiger partial charge in [-0.2, -0.15) is 0 Å². The van der Waals surface area contributed by atoms with Crippen molar-refractivity contribution in [3.63, 3.8) is 0 Å². The summed E-state index contributed by atoms with van der Waals surface area (Å²) in [6, 6.07) is 6.53. The SMILES string of the molecule is O=C(C1CSCN1C(=O)c1ccc(Cl)cc1)N1C[C@H]2CNC[C@H]2C1. The standard InChI is InChI=1S/C17H20ClN3O2S/c18-14-3-1-11(2-4-14)16(22)21-10-24-9-15(21)17(23)20-7-12-5-19-6-13(12)8-20/h1-4,12-13,15,19H,5-10H2/t12-,13+,15?. The van der Waals surface area contributed by atoms with Crippen LogP contribution in [-0.4, -0.2) is 65.5 Å². The minimum Gasteiger partial charge on any atom is -0.340 e. The first kappa shape index (κ1) is 16.2. The van der Waals surface area contributed by atoms with Gasteiger partial charge in [-0.15, -0.1) is 11.8 Å². The van der Waals surface area contributed by atoms with Crippen LogP contribution in [0.3, 0.4) is 0 Å². The average molecular weight is 366 g/mol. The molecule has 7 heteroatoms. The largest absolute Gasteiger partial charge is 0.340 e. The highest BCUT2D eigenvalue weighted by Crippen LogP contribution is 2.30. The van der Waals surface area contributed by atoms with Crippen molar-refractivity contribution in [3.05, 3.63) is 34.9 Å². The number of thioether (sulfide) groups is 1. The third-order valence-corrected chi connectivity index (χ3v) is 6.48. The quantitative estimate of drug-likeness (QED) is 0.863. The van der Waals surface area contributed by atoms with Gasteiger partial charge in [0.05, 0.1) is 5.88 Å². The van der Waals surface area contributed by atoms with Gasteiger partial charge in [-0.1, -0.05) is 11.6 Å². The van der Waals surface area contributed by atoms with Crippen molar-refractivity contribution in [2.75, 3.05) is 37.8 Å². The molecule has 3 atom stereocenters. The number of fused-ring (bicyclic) bond motifs is 1. The molecule has 1 unspecified atom stereocenters. The van der Waals surface area contributed by atoms with E-state index in [0.717, 1.165) is 26.2 Å². The van der Waals surface area contributed by atoms with Crippen LogP contribution in [0.1, 0.15) is 10.4 Å². The summed E-state index contributed by atoms with van der Waals surface area (Å²) in [7, 11) is 0. The molecule has 2 amide bonds. The third kappa shape index (κ3) is 2.91. The molecule has 3 aliphatic rings. The van der Waals surface area contributed by atoms with Gasteiger partial charge in [0.25, 0.3) is 5.91 Å². The first-order valence-corrected chi connectivity index (χ1v) is 9.80. The Balaban J connectivity index is 1.47. The minimum atomic E-state index is -0.343. The van der Waals surface area contributed by atoms with Gasteiger partial charge in [-0.3, -0.25) is 9.59 Å². The van der Waals surface area contributed by atoms with Crippen LogP contribution >= 0.6 is 23.4 Å². The van der Waals surface area contributed by atoms with Crippen LogP contribution in [0.2, 0.25) is 5.02 Å². The number of rotatable bonds is 2. The van der Waals surface area contributed by atoms with Crippen LogP contribution in [0.15, 0.2) is 24.3 Å². The number of amides is 2. The molecule has 5 nitrogen and oxygen atoms in total. The van der Waals surface area contributed by atoms with Crippen molar-refractivity contribution in [1.82, 2.24) is 15.1 Å². The van der Waals surface area contributed by atoms with E-state index in [1.54, 1.807) is 40.9 Å². The van der Waals surface area contributed by atoms with E-state index in [-0.39, 0.29) is 17.9 Å². The summed E-state index contributed by atoms with van der Waals surface area (Å²) in [6.45, 7) is 3.64. The van der Waals surface area contributed by atoms with E-state index in [1.807, 2.05) is 4.90 Å². The van der Waals surface area contributed by atoms with Crippen molar-refractivity contribution < 1.29 is 9.59 Å². The fourth-order valence-electron chi connectivity index (χ4n) is 3.85. The molecule has 3 aliphatic heterocycles. The highest BCUT2D eigenvalue weighted by Gasteiger charge is 2.43. The molecule has 0 radical (unpaired) electrons. The Morgan fingerprint density at radius 3 is 2.46 bits per heavy atom. The molecule has 3 heterocycles. The zero-order valence-corrected chi connectivity index (χ0v) is 14.9. The minimum absolute atomic E-state index is 0.0870. The third-order valence-electron chi connectivity index (χ3n) is 5.22. The average Bonchev–Trinajstić information content (AvgIpc) is 3.29. The summed E-state index contributed by atoms with van der Waals surface area (Å²) in [5.41, 5.74) is 0.585. The predicted molar refractivity (Wildman–Crippen MR) is 95.2 cm³/mol. The summed E-state index contributed by atoms with van der Waals surface area (Å²) < 4.78 is 0. The number of hydrogen-bond donors (Lipinski definition) is 1. The van der Waals surface area contributed by atoms with Crippen LogP contribution in [0.25, 0.3) is 0 Å². The lowest BCUT2D eigenvalue weighted by Crippen LogP contribution is -2.48. The van der Waals surface area contributed by atoms with Gasteiger partial charge in [0, 0.05) is 42.5 Å². The van der Waals surface area contributed by atoms with Crippen LogP contribution in [-0.2, 0) is 4.79 Å². The number of carbonyl (C=O) groups is 2. The smallest absolute Gasteiger partial charge is 0.255 e. The second kappa shape index (κ2) is 6.58. The van der Waals surface area contributed by atoms with E-state index in [1.165, 1.54) is 0 Å². The Morgan fingerprint density at radius 1 is 1.12 bits per heavy atom. The Labute approximate surface area is 150 Å². The van der Waals surface area contributed by atoms with Gasteiger partial charge in [0.2, 0.25) is 5.91 Å². The van der Waals surface area contributed by atoms with Crippen molar-refractivity contribution in [3.8, 4) is 0 Å². The summed E-state index contributed by atoms with van der Waals surface area (Å²) >= 11 is 7.54. The Morgan fingerprint density at radius 2 is 1.79 bits per heavy atom. The van der Waals surface area contributed by atoms with E-state index in [4.69, 9.17) is 11.6 Å². The molecule has 1 aromatic carbocycles. The first-order chi connectivity index (χ1) is 11.6. The molecule has 3 fully saturated rings. The van der Waals surface area contributed by atoms with E-state index >= 15 is 0 Å². The number of benzene rings is 1. The summed E-state index contributed by atoms with van der Waals surface area (Å²) in [4.78, 5) is 29.4. The monoisotopic (exact) mass is 365 g/mol. The van der Waals surface area contributed by atoms with E-state index < -0.39 is 0 Å². The molecule has 3 saturated heterocycles. The topological polar surface area (TPSA) is 52.7 Å². The van der Waals surface area contributed by atoms with Gasteiger partial charge < -0.3 is 15.1 Å². The fraction of sp³-hybridized carbons (Fsp3) is 0.529. The molecule has 4 rings (SSSR count). The predicted octanol–water partition coefficient (Wildman–Crippen LogP) is 1.53. The zero-order chi connectivity index (χ0) is 16.7. The van der Waals surface area contributed by atoms with Gasteiger partial charge >= 0.3 is 0 Å². The van der Waals surface area contributed by atoms with Crippen molar-refractivity contribution >= 4 is 35.2 Å². The maximum atomic E-state index is 13.0. The number of carbonyl (C=O) groups excluding carboxylic acids is 2. The molecule has 24 heavy (non-hydrogen) atoms. The van der Waals surface area contributed by atoms with Crippen LogP contribution in [0.4, 0.5) is 0 Å². The van der Waals surface area contributed by atoms with Crippen LogP contribution < -0.4 is 5.32 Å². The molecule has 128 valence electrons. The van der Waals surface area contributed by atoms with Crippen molar-refractivity contribution in [1.29, 1.82) is 0 Å². The van der Waals surface area contributed by atoms with Gasteiger partial charge in [0.1, 0.15) is 6.04 Å². The molecule has 0 spiro atoms. The van der Waals surface area contributed by atoms with E-state index in [9.17, 15) is 9.59 Å². The normalized spacial score (nSPS) is 29.1. The lowest BCUT2D eigenvalue weighted by Gasteiger charge is -2.27. The zero-order valence-electron chi connectivity index (χ0n) is 13.3. The number of hydrogen-bond acceptors (Lipinski definition) is 4. The molecule has 0 aliphatic carbocycles. The highest BCUT2D eigenvalue weighted by molar-refractivity contribution is 7.99. The van der Waals surface area contributed by atoms with Gasteiger partial charge in [0.15, 0.2) is 0 Å². The second-order valence-electron chi connectivity index (χ2n) is 6.72. The van der Waals surface area contributed by atoms with Crippen molar-refractivity contribution in [2.45, 2.75) is 6.04 Å². The summed E-state index contributed by atoms with van der Waals surface area (Å²) in [6.07, 6.45) is 0. The number of likely N-dealkylation sites (tertiary alicyclic amines) is 1. The number of nitrogens with one attached hydrogen (secondary N) is 1. The number of halogens is 1. The molecule has 0 saturated carbocycles. The molecule has 1 N–H and O–H groups in total. The highest BCUT2D eigenvalue weighted by atomic mass is 35.5. The first-order valence-electron chi connectivity index (χ1n) is 8.27. The summed E-state index contributed by atoms with van der Waals surface area (Å²) in [5.74, 6) is 2.42. The Kier molecular flexibility index (Phi) is 4.45. The maximum absolute atomic E-state index is 13.0. The molecular weight excluding hydrogens is 346 g/mol. The Bertz CT molecular complexity index is 642. The van der Waals surface area contributed by atoms with E-state index in [2.05, 4.69) is 5.32 Å². The maximum Gasteiger partial charge on any atom is 0.255 e. The lowest BCUT2D eigenvalue weighted by atomic mass is 10.0. The second-order valence-corrected chi connectivity index (χ2v) is 8.16. The molecule has 1 aromatic rings. The number of nitrogens with zero attached hydrogens (tertiary/aromatic N) is 2. The lowest BCUT2D eigenvalue weighted by molar-refractivity contribution is -0.134. The molecular formula is C17H20ClN3O2S. The van der Waals surface area contributed by atoms with Crippen LogP contribution in [0, 0.1) is 11.8 Å². The Hall–Kier alpha value is -1.24. The van der Waals surface area contributed by atoms with Crippen LogP contribution in [0.5, 0.6) is 0 Å². The van der Waals surface area contributed by atoms with Gasteiger partial charge in [-0.25, -0.2) is 0 Å². The fourth-order valence-corrected chi connectivity index (χ4v) is 5.12. The molecule has 0 bridgehead atoms. The molecule has 0 aromatic heterocycles.